The van der Waals surface area contributed by atoms with Crippen molar-refractivity contribution in [2.75, 3.05) is 32.9 Å². The number of ether oxygens (including phenoxy) is 2. The van der Waals surface area contributed by atoms with Crippen LogP contribution in [0.4, 0.5) is 0 Å². The largest absolute Gasteiger partial charge is 0.492 e. The van der Waals surface area contributed by atoms with Gasteiger partial charge in [-0.3, -0.25) is 0 Å². The Balaban J connectivity index is 2.13. The average Bonchev–Trinajstić information content (AvgIpc) is 2.39. The second-order valence-corrected chi connectivity index (χ2v) is 5.37. The van der Waals surface area contributed by atoms with E-state index in [-0.39, 0.29) is 0 Å². The average molecular weight is 300 g/mol. The van der Waals surface area contributed by atoms with Crippen LogP contribution in [0.25, 0.3) is 0 Å². The van der Waals surface area contributed by atoms with E-state index in [4.69, 9.17) is 21.1 Å². The van der Waals surface area contributed by atoms with Gasteiger partial charge in [0.25, 0.3) is 0 Å². The van der Waals surface area contributed by atoms with E-state index in [1.165, 1.54) is 6.42 Å². The van der Waals surface area contributed by atoms with Crippen molar-refractivity contribution in [1.29, 1.82) is 0 Å². The Morgan fingerprint density at radius 2 is 1.70 bits per heavy atom. The number of hydrogen-bond donors (Lipinski definition) is 1. The molecule has 0 atom stereocenters. The van der Waals surface area contributed by atoms with Gasteiger partial charge in [-0.15, -0.1) is 0 Å². The molecule has 0 unspecified atom stereocenters. The third-order valence-corrected chi connectivity index (χ3v) is 3.23. The quantitative estimate of drug-likeness (QED) is 0.668. The van der Waals surface area contributed by atoms with Gasteiger partial charge in [-0.25, -0.2) is 0 Å². The third kappa shape index (κ3) is 6.60. The van der Waals surface area contributed by atoms with Crippen LogP contribution in [0.2, 0.25) is 5.02 Å². The van der Waals surface area contributed by atoms with Crippen molar-refractivity contribution in [2.45, 2.75) is 33.6 Å². The highest BCUT2D eigenvalue weighted by molar-refractivity contribution is 6.30. The van der Waals surface area contributed by atoms with Crippen molar-refractivity contribution in [3.63, 3.8) is 0 Å². The molecule has 0 aliphatic heterocycles. The van der Waals surface area contributed by atoms with Gasteiger partial charge in [0.05, 0.1) is 6.61 Å². The van der Waals surface area contributed by atoms with E-state index in [2.05, 4.69) is 12.2 Å². The van der Waals surface area contributed by atoms with Crippen LogP contribution < -0.4 is 10.1 Å². The molecule has 0 radical (unpaired) electrons. The normalized spacial score (nSPS) is 10.8. The maximum Gasteiger partial charge on any atom is 0.125 e. The smallest absolute Gasteiger partial charge is 0.125 e. The van der Waals surface area contributed by atoms with E-state index in [0.29, 0.717) is 6.61 Å². The van der Waals surface area contributed by atoms with Crippen LogP contribution >= 0.6 is 11.6 Å². The first-order valence-corrected chi connectivity index (χ1v) is 7.71. The molecule has 0 amide bonds. The number of rotatable bonds is 10. The fraction of sp³-hybridized carbons (Fsp3) is 0.625. The Kier molecular flexibility index (Phi) is 8.67. The molecule has 1 rings (SSSR count). The van der Waals surface area contributed by atoms with E-state index in [9.17, 15) is 0 Å². The Bertz CT molecular complexity index is 373. The van der Waals surface area contributed by atoms with Crippen LogP contribution in [0.15, 0.2) is 12.1 Å². The minimum Gasteiger partial charge on any atom is -0.492 e. The molecule has 1 aromatic rings. The van der Waals surface area contributed by atoms with Crippen LogP contribution in [-0.4, -0.2) is 32.9 Å². The molecule has 0 saturated heterocycles. The summed E-state index contributed by atoms with van der Waals surface area (Å²) in [6.45, 7) is 10.2. The Hall–Kier alpha value is -0.770. The van der Waals surface area contributed by atoms with Gasteiger partial charge in [-0.05, 0) is 43.5 Å². The summed E-state index contributed by atoms with van der Waals surface area (Å²) in [5, 5.41) is 4.07. The molecular weight excluding hydrogens is 274 g/mol. The Morgan fingerprint density at radius 3 is 2.35 bits per heavy atom. The molecule has 3 nitrogen and oxygen atoms in total. The van der Waals surface area contributed by atoms with Crippen LogP contribution in [0.1, 0.15) is 30.9 Å². The molecule has 0 heterocycles. The number of benzene rings is 1. The number of nitrogens with one attached hydrogen (secondary N) is 1. The Morgan fingerprint density at radius 1 is 1.05 bits per heavy atom. The van der Waals surface area contributed by atoms with Crippen molar-refractivity contribution in [1.82, 2.24) is 5.32 Å². The molecule has 1 aromatic carbocycles. The molecule has 0 aliphatic rings. The van der Waals surface area contributed by atoms with E-state index in [1.54, 1.807) is 0 Å². The summed E-state index contributed by atoms with van der Waals surface area (Å²) in [5.74, 6) is 0.940. The van der Waals surface area contributed by atoms with Crippen molar-refractivity contribution in [2.24, 2.45) is 0 Å². The van der Waals surface area contributed by atoms with Crippen molar-refractivity contribution < 1.29 is 9.47 Å². The van der Waals surface area contributed by atoms with Crippen LogP contribution in [0, 0.1) is 13.8 Å². The van der Waals surface area contributed by atoms with Gasteiger partial charge in [-0.1, -0.05) is 24.9 Å². The molecular formula is C16H26ClNO2. The second kappa shape index (κ2) is 10.0. The molecule has 1 N–H and O–H groups in total. The first kappa shape index (κ1) is 17.3. The lowest BCUT2D eigenvalue weighted by molar-refractivity contribution is 0.132. The van der Waals surface area contributed by atoms with Gasteiger partial charge in [0.15, 0.2) is 0 Å². The summed E-state index contributed by atoms with van der Waals surface area (Å²) in [7, 11) is 0. The minimum absolute atomic E-state index is 0.651. The lowest BCUT2D eigenvalue weighted by Gasteiger charge is -2.13. The molecule has 114 valence electrons. The van der Waals surface area contributed by atoms with Crippen molar-refractivity contribution >= 4 is 11.6 Å². The SMILES string of the molecule is CCCCOCCNCCOc1c(C)cc(Cl)cc1C. The number of unbranched alkanes of at least 4 members (excludes halogenated alkanes) is 1. The van der Waals surface area contributed by atoms with Crippen LogP contribution in [0.5, 0.6) is 5.75 Å². The first-order chi connectivity index (χ1) is 9.65. The molecule has 0 aliphatic carbocycles. The fourth-order valence-electron chi connectivity index (χ4n) is 1.97. The van der Waals surface area contributed by atoms with Gasteiger partial charge < -0.3 is 14.8 Å². The highest BCUT2D eigenvalue weighted by Gasteiger charge is 2.05. The number of hydrogen-bond acceptors (Lipinski definition) is 3. The zero-order chi connectivity index (χ0) is 14.8. The third-order valence-electron chi connectivity index (χ3n) is 3.02. The summed E-state index contributed by atoms with van der Waals surface area (Å²) in [6.07, 6.45) is 2.32. The zero-order valence-electron chi connectivity index (χ0n) is 12.8. The maximum absolute atomic E-state index is 6.00. The minimum atomic E-state index is 0.651. The molecule has 0 spiro atoms. The lowest BCUT2D eigenvalue weighted by Crippen LogP contribution is -2.25. The standard InChI is InChI=1S/C16H26ClNO2/c1-4-5-8-19-9-6-18-7-10-20-16-13(2)11-15(17)12-14(16)3/h11-12,18H,4-10H2,1-3H3. The lowest BCUT2D eigenvalue weighted by atomic mass is 10.1. The molecule has 4 heteroatoms. The number of halogens is 1. The molecule has 20 heavy (non-hydrogen) atoms. The highest BCUT2D eigenvalue weighted by atomic mass is 35.5. The summed E-state index contributed by atoms with van der Waals surface area (Å²) >= 11 is 6.00. The Labute approximate surface area is 127 Å². The zero-order valence-corrected chi connectivity index (χ0v) is 13.6. The fourth-order valence-corrected chi connectivity index (χ4v) is 2.30. The van der Waals surface area contributed by atoms with Gasteiger partial charge in [0.1, 0.15) is 12.4 Å². The highest BCUT2D eigenvalue weighted by Crippen LogP contribution is 2.26. The molecule has 0 bridgehead atoms. The van der Waals surface area contributed by atoms with Gasteiger partial charge in [-0.2, -0.15) is 0 Å². The first-order valence-electron chi connectivity index (χ1n) is 7.33. The summed E-state index contributed by atoms with van der Waals surface area (Å²) in [5.41, 5.74) is 2.16. The topological polar surface area (TPSA) is 30.5 Å². The predicted molar refractivity (Wildman–Crippen MR) is 85.0 cm³/mol. The predicted octanol–water partition coefficient (Wildman–Crippen LogP) is 3.74. The van der Waals surface area contributed by atoms with Gasteiger partial charge >= 0.3 is 0 Å². The maximum atomic E-state index is 6.00. The summed E-state index contributed by atoms with van der Waals surface area (Å²) < 4.78 is 11.3. The van der Waals surface area contributed by atoms with Crippen molar-refractivity contribution in [3.8, 4) is 5.75 Å². The van der Waals surface area contributed by atoms with E-state index >= 15 is 0 Å². The molecule has 0 fully saturated rings. The van der Waals surface area contributed by atoms with Gasteiger partial charge in [0, 0.05) is 24.7 Å². The summed E-state index contributed by atoms with van der Waals surface area (Å²) in [4.78, 5) is 0. The molecule has 0 aromatic heterocycles. The van der Waals surface area contributed by atoms with Crippen LogP contribution in [-0.2, 0) is 4.74 Å². The van der Waals surface area contributed by atoms with Gasteiger partial charge in [0.2, 0.25) is 0 Å². The monoisotopic (exact) mass is 299 g/mol. The number of aryl methyl sites for hydroxylation is 2. The van der Waals surface area contributed by atoms with Crippen molar-refractivity contribution in [3.05, 3.63) is 28.3 Å². The molecule has 0 saturated carbocycles. The van der Waals surface area contributed by atoms with Crippen LogP contribution in [0.3, 0.4) is 0 Å². The van der Waals surface area contributed by atoms with E-state index in [1.807, 2.05) is 26.0 Å². The van der Waals surface area contributed by atoms with E-state index in [0.717, 1.165) is 54.6 Å². The second-order valence-electron chi connectivity index (χ2n) is 4.93. The van der Waals surface area contributed by atoms with E-state index < -0.39 is 0 Å². The summed E-state index contributed by atoms with van der Waals surface area (Å²) in [6, 6.07) is 3.86.